The van der Waals surface area contributed by atoms with Crippen LogP contribution in [0.25, 0.3) is 0 Å². The van der Waals surface area contributed by atoms with E-state index in [0.717, 1.165) is 120 Å². The number of ether oxygens (including phenoxy) is 4. The number of phosphoric acid groups is 2. The maximum absolute atomic E-state index is 13.1. The lowest BCUT2D eigenvalue weighted by molar-refractivity contribution is -0.161. The van der Waals surface area contributed by atoms with Gasteiger partial charge in [0.05, 0.1) is 26.4 Å². The molecule has 0 fully saturated rings. The van der Waals surface area contributed by atoms with E-state index in [-0.39, 0.29) is 25.7 Å². The molecule has 0 aromatic heterocycles. The third kappa shape index (κ3) is 71.7. The molecule has 3 N–H and O–H groups in total. The minimum absolute atomic E-state index is 0.107. The summed E-state index contributed by atoms with van der Waals surface area (Å²) in [6.07, 6.45) is 56.8. The van der Waals surface area contributed by atoms with E-state index >= 15 is 0 Å². The van der Waals surface area contributed by atoms with Crippen LogP contribution in [0.1, 0.15) is 415 Å². The number of carbonyl (C=O) groups excluding carboxylic acids is 4. The van der Waals surface area contributed by atoms with Gasteiger partial charge in [0, 0.05) is 25.7 Å². The Morgan fingerprint density at radius 3 is 0.710 bits per heavy atom. The quantitative estimate of drug-likeness (QED) is 0.0222. The van der Waals surface area contributed by atoms with Gasteiger partial charge in [0.2, 0.25) is 0 Å². The second-order valence-corrected chi connectivity index (χ2v) is 33.5. The zero-order valence-corrected chi connectivity index (χ0v) is 67.6. The van der Waals surface area contributed by atoms with Crippen molar-refractivity contribution >= 4 is 39.5 Å². The Balaban J connectivity index is 5.24. The summed E-state index contributed by atoms with van der Waals surface area (Å²) in [4.78, 5) is 73.0. The topological polar surface area (TPSA) is 237 Å². The van der Waals surface area contributed by atoms with Gasteiger partial charge in [0.25, 0.3) is 0 Å². The number of carbonyl (C=O) groups is 4. The summed E-state index contributed by atoms with van der Waals surface area (Å²) >= 11 is 0. The smallest absolute Gasteiger partial charge is 0.462 e. The molecule has 594 valence electrons. The van der Waals surface area contributed by atoms with E-state index in [9.17, 15) is 43.2 Å². The number of hydrogen-bond acceptors (Lipinski definition) is 15. The largest absolute Gasteiger partial charge is 0.472 e. The van der Waals surface area contributed by atoms with Crippen molar-refractivity contribution < 1.29 is 80.2 Å². The number of hydrogen-bond donors (Lipinski definition) is 3. The fourth-order valence-electron chi connectivity index (χ4n) is 12.4. The van der Waals surface area contributed by atoms with Crippen LogP contribution in [-0.4, -0.2) is 96.7 Å². The molecule has 0 aromatic rings. The van der Waals surface area contributed by atoms with Crippen molar-refractivity contribution in [1.29, 1.82) is 0 Å². The average molecular weight is 1470 g/mol. The summed E-state index contributed by atoms with van der Waals surface area (Å²) in [7, 11) is -9.92. The SMILES string of the molecule is CCC(C)CCCCCCCCCCCCC(=O)OC[C@H](COP(=O)(O)OC[C@@H](O)COP(=O)(O)OC[C@@H](COC(=O)CCCCCCCCC(C)CC)OC(=O)CCCCCCCCCCCCCCCCCCC(C)C)OC(=O)CCCCCCCCCCCCCCCCC(C)C. The standard InChI is InChI=1S/C81H158O17P2/c1-9-73(7)59-51-43-35-29-25-26-30-36-45-53-61-78(83)91-67-76(97-80(85)63-56-48-38-32-24-20-16-15-18-22-28-34-42-50-58-72(5)6)69-95-99(87,88)93-65-75(82)66-94-100(89,90)96-70-77(68-92-79(84)62-54-46-40-39-44-52-60-74(8)10-2)98-81(86)64-55-47-37-31-23-19-14-12-11-13-17-21-27-33-41-49-57-71(3)4/h71-77,82H,9-70H2,1-8H3,(H,87,88)(H,89,90)/t73?,74?,75-,76-,77-/m1/s1. The molecule has 0 rings (SSSR count). The molecule has 0 aliphatic heterocycles. The van der Waals surface area contributed by atoms with Crippen molar-refractivity contribution in [1.82, 2.24) is 0 Å². The van der Waals surface area contributed by atoms with Crippen LogP contribution in [0, 0.1) is 23.7 Å². The highest BCUT2D eigenvalue weighted by Gasteiger charge is 2.30. The highest BCUT2D eigenvalue weighted by atomic mass is 31.2. The van der Waals surface area contributed by atoms with Gasteiger partial charge in [-0.15, -0.1) is 0 Å². The van der Waals surface area contributed by atoms with E-state index in [4.69, 9.17) is 37.0 Å². The van der Waals surface area contributed by atoms with Crippen LogP contribution in [0.3, 0.4) is 0 Å². The zero-order valence-electron chi connectivity index (χ0n) is 65.8. The lowest BCUT2D eigenvalue weighted by Gasteiger charge is -2.21. The number of aliphatic hydroxyl groups is 1. The third-order valence-electron chi connectivity index (χ3n) is 19.5. The Kier molecular flexibility index (Phi) is 68.7. The molecule has 100 heavy (non-hydrogen) atoms. The van der Waals surface area contributed by atoms with Crippen molar-refractivity contribution in [3.8, 4) is 0 Å². The minimum Gasteiger partial charge on any atom is -0.462 e. The van der Waals surface area contributed by atoms with Crippen molar-refractivity contribution in [3.05, 3.63) is 0 Å². The molecule has 0 saturated heterocycles. The first-order valence-corrected chi connectivity index (χ1v) is 44.8. The molecule has 0 aliphatic carbocycles. The molecular formula is C81H158O17P2. The van der Waals surface area contributed by atoms with Gasteiger partial charge in [-0.1, -0.05) is 364 Å². The summed E-state index contributed by atoms with van der Waals surface area (Å²) in [5.41, 5.74) is 0. The summed E-state index contributed by atoms with van der Waals surface area (Å²) in [6, 6.07) is 0. The third-order valence-corrected chi connectivity index (χ3v) is 21.4. The van der Waals surface area contributed by atoms with Crippen LogP contribution >= 0.6 is 15.6 Å². The number of rotatable bonds is 78. The number of aliphatic hydroxyl groups excluding tert-OH is 1. The molecular weight excluding hydrogens is 1310 g/mol. The van der Waals surface area contributed by atoms with Crippen LogP contribution < -0.4 is 0 Å². The Hall–Kier alpha value is -1.94. The van der Waals surface area contributed by atoms with Gasteiger partial charge in [-0.2, -0.15) is 0 Å². The molecule has 0 radical (unpaired) electrons. The van der Waals surface area contributed by atoms with E-state index < -0.39 is 97.5 Å². The second-order valence-electron chi connectivity index (χ2n) is 30.6. The van der Waals surface area contributed by atoms with Crippen molar-refractivity contribution in [2.75, 3.05) is 39.6 Å². The van der Waals surface area contributed by atoms with Gasteiger partial charge in [-0.25, -0.2) is 9.13 Å². The van der Waals surface area contributed by atoms with E-state index in [0.29, 0.717) is 25.7 Å². The molecule has 0 spiro atoms. The Labute approximate surface area is 613 Å². The molecule has 0 aliphatic rings. The Morgan fingerprint density at radius 1 is 0.280 bits per heavy atom. The molecule has 0 saturated carbocycles. The fraction of sp³-hybridized carbons (Fsp3) is 0.951. The molecule has 17 nitrogen and oxygen atoms in total. The number of unbranched alkanes of at least 4 members (excludes halogenated alkanes) is 42. The molecule has 19 heteroatoms. The summed E-state index contributed by atoms with van der Waals surface area (Å²) in [5, 5.41) is 10.6. The van der Waals surface area contributed by atoms with E-state index in [1.807, 2.05) is 0 Å². The molecule has 0 aromatic carbocycles. The van der Waals surface area contributed by atoms with Gasteiger partial charge >= 0.3 is 39.5 Å². The number of esters is 4. The van der Waals surface area contributed by atoms with Gasteiger partial charge in [-0.05, 0) is 49.4 Å². The van der Waals surface area contributed by atoms with Gasteiger partial charge in [-0.3, -0.25) is 37.3 Å². The van der Waals surface area contributed by atoms with Gasteiger partial charge in [0.1, 0.15) is 19.3 Å². The first kappa shape index (κ1) is 98.1. The minimum atomic E-state index is -4.96. The molecule has 0 bridgehead atoms. The predicted octanol–water partition coefficient (Wildman–Crippen LogP) is 24.0. The first-order valence-electron chi connectivity index (χ1n) is 41.8. The maximum Gasteiger partial charge on any atom is 0.472 e. The van der Waals surface area contributed by atoms with Crippen molar-refractivity contribution in [3.63, 3.8) is 0 Å². The average Bonchev–Trinajstić information content (AvgIpc) is 1.02. The zero-order chi connectivity index (χ0) is 73.8. The van der Waals surface area contributed by atoms with E-state index in [1.54, 1.807) is 0 Å². The van der Waals surface area contributed by atoms with Gasteiger partial charge in [0.15, 0.2) is 12.2 Å². The van der Waals surface area contributed by atoms with Crippen LogP contribution in [-0.2, 0) is 65.4 Å². The Bertz CT molecular complexity index is 1960. The maximum atomic E-state index is 13.1. The normalized spacial score (nSPS) is 14.6. The van der Waals surface area contributed by atoms with Crippen molar-refractivity contribution in [2.24, 2.45) is 23.7 Å². The monoisotopic (exact) mass is 1470 g/mol. The summed E-state index contributed by atoms with van der Waals surface area (Å²) in [5.74, 6) is 1.03. The lowest BCUT2D eigenvalue weighted by atomic mass is 9.99. The lowest BCUT2D eigenvalue weighted by Crippen LogP contribution is -2.30. The summed E-state index contributed by atoms with van der Waals surface area (Å²) in [6.45, 7) is 14.3. The van der Waals surface area contributed by atoms with E-state index in [1.165, 1.54) is 212 Å². The van der Waals surface area contributed by atoms with E-state index in [2.05, 4.69) is 55.4 Å². The molecule has 4 unspecified atom stereocenters. The summed E-state index contributed by atoms with van der Waals surface area (Å²) < 4.78 is 68.7. The Morgan fingerprint density at radius 2 is 0.480 bits per heavy atom. The molecule has 7 atom stereocenters. The molecule has 0 amide bonds. The van der Waals surface area contributed by atoms with Gasteiger partial charge < -0.3 is 33.8 Å². The number of phosphoric ester groups is 2. The van der Waals surface area contributed by atoms with Crippen LogP contribution in [0.15, 0.2) is 0 Å². The van der Waals surface area contributed by atoms with Crippen LogP contribution in [0.4, 0.5) is 0 Å². The highest BCUT2D eigenvalue weighted by molar-refractivity contribution is 7.47. The van der Waals surface area contributed by atoms with Crippen LogP contribution in [0.2, 0.25) is 0 Å². The molecule has 0 heterocycles. The fourth-order valence-corrected chi connectivity index (χ4v) is 13.9. The van der Waals surface area contributed by atoms with Crippen molar-refractivity contribution in [2.45, 2.75) is 433 Å². The predicted molar refractivity (Wildman–Crippen MR) is 409 cm³/mol. The second kappa shape index (κ2) is 70.1. The first-order chi connectivity index (χ1) is 48.2. The highest BCUT2D eigenvalue weighted by Crippen LogP contribution is 2.45. The van der Waals surface area contributed by atoms with Crippen LogP contribution in [0.5, 0.6) is 0 Å².